The highest BCUT2D eigenvalue weighted by atomic mass is 32.1. The van der Waals surface area contributed by atoms with E-state index in [1.54, 1.807) is 38.1 Å². The van der Waals surface area contributed by atoms with Crippen LogP contribution >= 0.6 is 11.3 Å². The van der Waals surface area contributed by atoms with Crippen molar-refractivity contribution < 1.29 is 28.6 Å². The molecule has 172 valence electrons. The maximum absolute atomic E-state index is 12.4. The van der Waals surface area contributed by atoms with E-state index in [0.717, 1.165) is 16.9 Å². The number of rotatable bonds is 10. The van der Waals surface area contributed by atoms with Crippen LogP contribution in [0.3, 0.4) is 0 Å². The van der Waals surface area contributed by atoms with Gasteiger partial charge in [-0.2, -0.15) is 0 Å². The molecule has 0 unspecified atom stereocenters. The Kier molecular flexibility index (Phi) is 8.21. The van der Waals surface area contributed by atoms with E-state index in [2.05, 4.69) is 5.32 Å². The van der Waals surface area contributed by atoms with Crippen molar-refractivity contribution in [1.29, 1.82) is 0 Å². The fourth-order valence-electron chi connectivity index (χ4n) is 3.07. The molecule has 0 aliphatic heterocycles. The number of nitrogens with one attached hydrogen (secondary N) is 1. The van der Waals surface area contributed by atoms with Crippen LogP contribution in [0.2, 0.25) is 0 Å². The molecule has 0 aliphatic carbocycles. The molecule has 8 heteroatoms. The Hall–Kier alpha value is -3.65. The maximum atomic E-state index is 12.4. The van der Waals surface area contributed by atoms with Crippen LogP contribution in [0, 0.1) is 6.92 Å². The predicted molar refractivity (Wildman–Crippen MR) is 126 cm³/mol. The number of carbonyl (C=O) groups excluding carboxylic acids is 3. The molecule has 2 aromatic carbocycles. The molecule has 1 aromatic heterocycles. The van der Waals surface area contributed by atoms with Gasteiger partial charge in [0.2, 0.25) is 0 Å². The van der Waals surface area contributed by atoms with Gasteiger partial charge < -0.3 is 19.5 Å². The number of carbonyl (C=O) groups is 3. The van der Waals surface area contributed by atoms with E-state index < -0.39 is 11.9 Å². The first-order chi connectivity index (χ1) is 15.9. The van der Waals surface area contributed by atoms with Crippen molar-refractivity contribution in [2.24, 2.45) is 0 Å². The number of hydrogen-bond acceptors (Lipinski definition) is 7. The molecule has 3 aromatic rings. The van der Waals surface area contributed by atoms with Gasteiger partial charge >= 0.3 is 5.97 Å². The molecule has 0 saturated carbocycles. The van der Waals surface area contributed by atoms with Gasteiger partial charge in [0.1, 0.15) is 23.1 Å². The minimum atomic E-state index is -0.582. The third-order valence-electron chi connectivity index (χ3n) is 4.64. The first kappa shape index (κ1) is 24.0. The minimum absolute atomic E-state index is 0.186. The molecule has 0 bridgehead atoms. The smallest absolute Gasteiger partial charge is 0.341 e. The van der Waals surface area contributed by atoms with Crippen LogP contribution < -0.4 is 14.8 Å². The fraction of sp³-hybridized carbons (Fsp3) is 0.240. The number of thiophene rings is 1. The van der Waals surface area contributed by atoms with Crippen LogP contribution in [-0.4, -0.2) is 30.9 Å². The second-order valence-corrected chi connectivity index (χ2v) is 8.14. The summed E-state index contributed by atoms with van der Waals surface area (Å²) < 4.78 is 16.4. The molecule has 7 nitrogen and oxygen atoms in total. The van der Waals surface area contributed by atoms with E-state index in [4.69, 9.17) is 14.2 Å². The highest BCUT2D eigenvalue weighted by Gasteiger charge is 2.25. The van der Waals surface area contributed by atoms with Crippen LogP contribution in [0.1, 0.15) is 45.0 Å². The third kappa shape index (κ3) is 6.43. The number of benzene rings is 2. The molecule has 0 radical (unpaired) electrons. The lowest BCUT2D eigenvalue weighted by atomic mass is 10.1. The summed E-state index contributed by atoms with van der Waals surface area (Å²) in [4.78, 5) is 37.1. The maximum Gasteiger partial charge on any atom is 0.341 e. The molecule has 0 saturated heterocycles. The molecule has 0 aliphatic rings. The van der Waals surface area contributed by atoms with E-state index >= 15 is 0 Å². The molecule has 1 heterocycles. The summed E-state index contributed by atoms with van der Waals surface area (Å²) in [5.74, 6) is -0.0492. The molecule has 33 heavy (non-hydrogen) atoms. The fourth-order valence-corrected chi connectivity index (χ4v) is 4.18. The molecule has 1 amide bonds. The Morgan fingerprint density at radius 3 is 2.18 bits per heavy atom. The second-order valence-electron chi connectivity index (χ2n) is 7.12. The van der Waals surface area contributed by atoms with Gasteiger partial charge in [0.15, 0.2) is 12.4 Å². The zero-order valence-electron chi connectivity index (χ0n) is 18.7. The van der Waals surface area contributed by atoms with Crippen LogP contribution in [0.15, 0.2) is 54.6 Å². The van der Waals surface area contributed by atoms with Gasteiger partial charge in [0, 0.05) is 0 Å². The van der Waals surface area contributed by atoms with Crippen LogP contribution in [-0.2, 0) is 16.1 Å². The topological polar surface area (TPSA) is 90.9 Å². The zero-order valence-corrected chi connectivity index (χ0v) is 19.5. The standard InChI is InChI=1S/C25H25NO6S/c1-4-30-25(29)22-16(2)23(17(3)27)33-24(22)26-21(28)15-32-20-12-10-19(11-13-20)31-14-18-8-6-5-7-9-18/h5-13H,4,14-15H2,1-3H3,(H,26,28). The quantitative estimate of drug-likeness (QED) is 0.332. The molecular weight excluding hydrogens is 442 g/mol. The van der Waals surface area contributed by atoms with E-state index in [1.807, 2.05) is 30.3 Å². The van der Waals surface area contributed by atoms with E-state index in [1.165, 1.54) is 6.92 Å². The Labute approximate surface area is 196 Å². The molecule has 0 fully saturated rings. The predicted octanol–water partition coefficient (Wildman–Crippen LogP) is 5.03. The van der Waals surface area contributed by atoms with Crippen LogP contribution in [0.25, 0.3) is 0 Å². The Bertz CT molecular complexity index is 1120. The first-order valence-electron chi connectivity index (χ1n) is 10.4. The van der Waals surface area contributed by atoms with Crippen LogP contribution in [0.5, 0.6) is 11.5 Å². The van der Waals surface area contributed by atoms with Gasteiger partial charge in [-0.15, -0.1) is 11.3 Å². The van der Waals surface area contributed by atoms with Crippen LogP contribution in [0.4, 0.5) is 5.00 Å². The first-order valence-corrected chi connectivity index (χ1v) is 11.2. The lowest BCUT2D eigenvalue weighted by molar-refractivity contribution is -0.118. The summed E-state index contributed by atoms with van der Waals surface area (Å²) in [7, 11) is 0. The lowest BCUT2D eigenvalue weighted by Crippen LogP contribution is -2.21. The van der Waals surface area contributed by atoms with Gasteiger partial charge in [-0.05, 0) is 56.2 Å². The number of esters is 1. The minimum Gasteiger partial charge on any atom is -0.489 e. The summed E-state index contributed by atoms with van der Waals surface area (Å²) in [6.07, 6.45) is 0. The second kappa shape index (κ2) is 11.3. The van der Waals surface area contributed by atoms with Gasteiger partial charge in [-0.3, -0.25) is 9.59 Å². The highest BCUT2D eigenvalue weighted by Crippen LogP contribution is 2.34. The largest absolute Gasteiger partial charge is 0.489 e. The van der Waals surface area contributed by atoms with Crippen molar-refractivity contribution in [3.63, 3.8) is 0 Å². The molecule has 3 rings (SSSR count). The number of ether oxygens (including phenoxy) is 3. The van der Waals surface area contributed by atoms with Crippen molar-refractivity contribution in [3.8, 4) is 11.5 Å². The van der Waals surface area contributed by atoms with Gasteiger partial charge in [-0.1, -0.05) is 30.3 Å². The monoisotopic (exact) mass is 467 g/mol. The summed E-state index contributed by atoms with van der Waals surface area (Å²) in [6, 6.07) is 16.8. The number of anilines is 1. The highest BCUT2D eigenvalue weighted by molar-refractivity contribution is 7.18. The van der Waals surface area contributed by atoms with E-state index in [-0.39, 0.29) is 29.6 Å². The van der Waals surface area contributed by atoms with Gasteiger partial charge in [0.05, 0.1) is 17.0 Å². The number of hydrogen-bond donors (Lipinski definition) is 1. The Morgan fingerprint density at radius 1 is 0.939 bits per heavy atom. The average Bonchev–Trinajstić information content (AvgIpc) is 3.13. The Morgan fingerprint density at radius 2 is 1.58 bits per heavy atom. The summed E-state index contributed by atoms with van der Waals surface area (Å²) in [5, 5.41) is 2.94. The summed E-state index contributed by atoms with van der Waals surface area (Å²) >= 11 is 1.05. The van der Waals surface area contributed by atoms with Crippen molar-refractivity contribution >= 4 is 34.0 Å². The number of ketones is 1. The summed E-state index contributed by atoms with van der Waals surface area (Å²) in [6.45, 7) is 5.14. The van der Waals surface area contributed by atoms with Crippen molar-refractivity contribution in [2.75, 3.05) is 18.5 Å². The van der Waals surface area contributed by atoms with E-state index in [0.29, 0.717) is 28.5 Å². The third-order valence-corrected chi connectivity index (χ3v) is 5.95. The SMILES string of the molecule is CCOC(=O)c1c(NC(=O)COc2ccc(OCc3ccccc3)cc2)sc(C(C)=O)c1C. The number of amides is 1. The van der Waals surface area contributed by atoms with Gasteiger partial charge in [0.25, 0.3) is 5.91 Å². The molecule has 0 atom stereocenters. The van der Waals surface area contributed by atoms with Crippen molar-refractivity contribution in [1.82, 2.24) is 0 Å². The Balaban J connectivity index is 1.58. The van der Waals surface area contributed by atoms with Crippen molar-refractivity contribution in [3.05, 3.63) is 76.2 Å². The normalized spacial score (nSPS) is 10.4. The zero-order chi connectivity index (χ0) is 23.8. The number of Topliss-reactive ketones (excluding diaryl/α,β-unsaturated/α-hetero) is 1. The molecule has 0 spiro atoms. The lowest BCUT2D eigenvalue weighted by Gasteiger charge is -2.10. The van der Waals surface area contributed by atoms with Crippen molar-refractivity contribution in [2.45, 2.75) is 27.4 Å². The molecular formula is C25H25NO6S. The molecule has 1 N–H and O–H groups in total. The average molecular weight is 468 g/mol. The van der Waals surface area contributed by atoms with E-state index in [9.17, 15) is 14.4 Å². The summed E-state index contributed by atoms with van der Waals surface area (Å²) in [5.41, 5.74) is 1.75. The van der Waals surface area contributed by atoms with Gasteiger partial charge in [-0.25, -0.2) is 4.79 Å².